The van der Waals surface area contributed by atoms with Crippen LogP contribution in [-0.2, 0) is 4.79 Å². The molecule has 7 heteroatoms. The minimum absolute atomic E-state index is 0.0532. The Morgan fingerprint density at radius 1 is 1.28 bits per heavy atom. The summed E-state index contributed by atoms with van der Waals surface area (Å²) in [7, 11) is 0. The van der Waals surface area contributed by atoms with Crippen LogP contribution in [0, 0.1) is 12.7 Å². The summed E-state index contributed by atoms with van der Waals surface area (Å²) < 4.78 is 13.8. The van der Waals surface area contributed by atoms with Crippen LogP contribution >= 0.6 is 34.7 Å². The Balaban J connectivity index is 1.49. The number of anilines is 1. The Morgan fingerprint density at radius 3 is 2.80 bits per heavy atom. The lowest BCUT2D eigenvalue weighted by molar-refractivity contribution is -0.116. The Labute approximate surface area is 158 Å². The van der Waals surface area contributed by atoms with E-state index in [2.05, 4.69) is 10.3 Å². The van der Waals surface area contributed by atoms with Crippen LogP contribution in [0.15, 0.2) is 41.3 Å². The lowest BCUT2D eigenvalue weighted by Crippen LogP contribution is -2.11. The van der Waals surface area contributed by atoms with Crippen LogP contribution in [-0.4, -0.2) is 16.6 Å². The SMILES string of the molecule is Cc1c(Cl)ccc2sc(NC(=O)CCCSc3ccc(F)cc3)nc12. The van der Waals surface area contributed by atoms with E-state index in [1.807, 2.05) is 19.1 Å². The predicted molar refractivity (Wildman–Crippen MR) is 104 cm³/mol. The van der Waals surface area contributed by atoms with Gasteiger partial charge in [-0.1, -0.05) is 22.9 Å². The average molecular weight is 395 g/mol. The van der Waals surface area contributed by atoms with Gasteiger partial charge in [-0.15, -0.1) is 11.8 Å². The maximum Gasteiger partial charge on any atom is 0.226 e. The number of thiazole rings is 1. The van der Waals surface area contributed by atoms with Crippen molar-refractivity contribution in [2.75, 3.05) is 11.1 Å². The minimum Gasteiger partial charge on any atom is -0.302 e. The molecule has 0 bridgehead atoms. The van der Waals surface area contributed by atoms with Gasteiger partial charge in [-0.2, -0.15) is 0 Å². The van der Waals surface area contributed by atoms with E-state index >= 15 is 0 Å². The number of nitrogens with one attached hydrogen (secondary N) is 1. The molecule has 0 aliphatic carbocycles. The first-order valence-corrected chi connectivity index (χ1v) is 9.95. The third kappa shape index (κ3) is 4.71. The highest BCUT2D eigenvalue weighted by atomic mass is 35.5. The van der Waals surface area contributed by atoms with Crippen molar-refractivity contribution in [3.8, 4) is 0 Å². The second-order valence-corrected chi connectivity index (χ2v) is 8.10. The van der Waals surface area contributed by atoms with Crippen LogP contribution in [0.2, 0.25) is 5.02 Å². The Hall–Kier alpha value is -1.63. The van der Waals surface area contributed by atoms with Crippen molar-refractivity contribution in [3.05, 3.63) is 52.8 Å². The van der Waals surface area contributed by atoms with Crippen molar-refractivity contribution in [1.29, 1.82) is 0 Å². The summed E-state index contributed by atoms with van der Waals surface area (Å²) in [5, 5.41) is 4.12. The molecular formula is C18H16ClFN2OS2. The first-order chi connectivity index (χ1) is 12.0. The topological polar surface area (TPSA) is 42.0 Å². The Kier molecular flexibility index (Phi) is 5.93. The van der Waals surface area contributed by atoms with Crippen LogP contribution < -0.4 is 5.32 Å². The van der Waals surface area contributed by atoms with Gasteiger partial charge in [0.25, 0.3) is 0 Å². The molecule has 25 heavy (non-hydrogen) atoms. The summed E-state index contributed by atoms with van der Waals surface area (Å²) in [6.45, 7) is 1.92. The molecule has 0 aliphatic rings. The maximum absolute atomic E-state index is 12.8. The number of hydrogen-bond donors (Lipinski definition) is 1. The van der Waals surface area contributed by atoms with Crippen LogP contribution in [0.25, 0.3) is 10.2 Å². The number of carbonyl (C=O) groups is 1. The first kappa shape index (κ1) is 18.2. The molecule has 0 spiro atoms. The van der Waals surface area contributed by atoms with E-state index in [1.54, 1.807) is 23.9 Å². The van der Waals surface area contributed by atoms with Gasteiger partial charge in [-0.3, -0.25) is 4.79 Å². The summed E-state index contributed by atoms with van der Waals surface area (Å²) in [5.41, 5.74) is 1.76. The summed E-state index contributed by atoms with van der Waals surface area (Å²) >= 11 is 9.15. The molecule has 1 aromatic heterocycles. The van der Waals surface area contributed by atoms with Gasteiger partial charge < -0.3 is 5.32 Å². The molecule has 130 valence electrons. The van der Waals surface area contributed by atoms with E-state index in [4.69, 9.17) is 11.6 Å². The lowest BCUT2D eigenvalue weighted by atomic mass is 10.2. The summed E-state index contributed by atoms with van der Waals surface area (Å²) in [4.78, 5) is 17.5. The van der Waals surface area contributed by atoms with E-state index in [0.29, 0.717) is 16.6 Å². The number of benzene rings is 2. The fraction of sp³-hybridized carbons (Fsp3) is 0.222. The van der Waals surface area contributed by atoms with E-state index in [1.165, 1.54) is 23.5 Å². The van der Waals surface area contributed by atoms with Gasteiger partial charge in [-0.25, -0.2) is 9.37 Å². The van der Waals surface area contributed by atoms with Crippen LogP contribution in [0.5, 0.6) is 0 Å². The number of nitrogens with zero attached hydrogens (tertiary/aromatic N) is 1. The highest BCUT2D eigenvalue weighted by Gasteiger charge is 2.11. The highest BCUT2D eigenvalue weighted by Crippen LogP contribution is 2.31. The smallest absolute Gasteiger partial charge is 0.226 e. The number of hydrogen-bond acceptors (Lipinski definition) is 4. The molecule has 3 rings (SSSR count). The van der Waals surface area contributed by atoms with Crippen LogP contribution in [0.4, 0.5) is 9.52 Å². The van der Waals surface area contributed by atoms with Crippen LogP contribution in [0.3, 0.4) is 0 Å². The van der Waals surface area contributed by atoms with Crippen LogP contribution in [0.1, 0.15) is 18.4 Å². The molecule has 0 saturated heterocycles. The van der Waals surface area contributed by atoms with Crippen molar-refractivity contribution in [2.24, 2.45) is 0 Å². The molecular weight excluding hydrogens is 379 g/mol. The highest BCUT2D eigenvalue weighted by molar-refractivity contribution is 7.99. The third-order valence-electron chi connectivity index (χ3n) is 3.62. The molecule has 2 aromatic carbocycles. The second-order valence-electron chi connectivity index (χ2n) is 5.49. The van der Waals surface area contributed by atoms with Gasteiger partial charge >= 0.3 is 0 Å². The summed E-state index contributed by atoms with van der Waals surface area (Å²) in [6, 6.07) is 10.1. The molecule has 0 unspecified atom stereocenters. The average Bonchev–Trinajstić information content (AvgIpc) is 3.00. The Morgan fingerprint density at radius 2 is 2.04 bits per heavy atom. The molecule has 0 atom stereocenters. The fourth-order valence-corrected chi connectivity index (χ4v) is 4.24. The van der Waals surface area contributed by atoms with Crippen molar-refractivity contribution in [1.82, 2.24) is 4.98 Å². The number of aromatic nitrogens is 1. The number of carbonyl (C=O) groups excluding carboxylic acids is 1. The van der Waals surface area contributed by atoms with Crippen molar-refractivity contribution >= 4 is 56.0 Å². The van der Waals surface area contributed by atoms with E-state index < -0.39 is 0 Å². The number of amides is 1. The second kappa shape index (κ2) is 8.17. The number of halogens is 2. The van der Waals surface area contributed by atoms with E-state index in [-0.39, 0.29) is 11.7 Å². The molecule has 3 nitrogen and oxygen atoms in total. The van der Waals surface area contributed by atoms with E-state index in [9.17, 15) is 9.18 Å². The maximum atomic E-state index is 12.8. The lowest BCUT2D eigenvalue weighted by Gasteiger charge is -2.02. The van der Waals surface area contributed by atoms with Gasteiger partial charge in [-0.05, 0) is 61.1 Å². The zero-order chi connectivity index (χ0) is 17.8. The predicted octanol–water partition coefficient (Wildman–Crippen LogP) is 5.91. The van der Waals surface area contributed by atoms with Gasteiger partial charge in [0.1, 0.15) is 5.82 Å². The molecule has 0 fully saturated rings. The minimum atomic E-state index is -0.240. The van der Waals surface area contributed by atoms with Crippen molar-refractivity contribution < 1.29 is 9.18 Å². The number of thioether (sulfide) groups is 1. The number of rotatable bonds is 6. The van der Waals surface area contributed by atoms with Gasteiger partial charge in [0.05, 0.1) is 10.2 Å². The Bertz CT molecular complexity index is 896. The molecule has 1 N–H and O–H groups in total. The van der Waals surface area contributed by atoms with Crippen molar-refractivity contribution in [2.45, 2.75) is 24.7 Å². The summed E-state index contributed by atoms with van der Waals surface area (Å²) in [5.74, 6) is 0.506. The third-order valence-corrected chi connectivity index (χ3v) is 6.07. The molecule has 0 radical (unpaired) electrons. The van der Waals surface area contributed by atoms with Gasteiger partial charge in [0.2, 0.25) is 5.91 Å². The largest absolute Gasteiger partial charge is 0.302 e. The zero-order valence-corrected chi connectivity index (χ0v) is 15.9. The molecule has 1 heterocycles. The fourth-order valence-electron chi connectivity index (χ4n) is 2.29. The normalized spacial score (nSPS) is 11.0. The van der Waals surface area contributed by atoms with E-state index in [0.717, 1.165) is 32.8 Å². The monoisotopic (exact) mass is 394 g/mol. The first-order valence-electron chi connectivity index (χ1n) is 7.77. The quantitative estimate of drug-likeness (QED) is 0.417. The van der Waals surface area contributed by atoms with Crippen molar-refractivity contribution in [3.63, 3.8) is 0 Å². The molecule has 3 aromatic rings. The molecule has 0 aliphatic heterocycles. The molecule has 0 saturated carbocycles. The number of fused-ring (bicyclic) bond motifs is 1. The number of aryl methyl sites for hydroxylation is 1. The standard InChI is InChI=1S/C18H16ClFN2OS2/c1-11-14(19)8-9-15-17(11)22-18(25-15)21-16(23)3-2-10-24-13-6-4-12(20)5-7-13/h4-9H,2-3,10H2,1H3,(H,21,22,23). The molecule has 1 amide bonds. The van der Waals surface area contributed by atoms with Gasteiger partial charge in [0, 0.05) is 16.3 Å². The zero-order valence-electron chi connectivity index (χ0n) is 13.5. The summed E-state index contributed by atoms with van der Waals surface area (Å²) in [6.07, 6.45) is 1.16. The van der Waals surface area contributed by atoms with Gasteiger partial charge in [0.15, 0.2) is 5.13 Å².